The molecule has 0 aliphatic rings. The number of hydrogen-bond acceptors (Lipinski definition) is 3. The molecule has 0 saturated carbocycles. The Morgan fingerprint density at radius 1 is 1.32 bits per heavy atom. The highest BCUT2D eigenvalue weighted by atomic mass is 79.9. The zero-order valence-corrected chi connectivity index (χ0v) is 15.7. The summed E-state index contributed by atoms with van der Waals surface area (Å²) in [6, 6.07) is 8.38. The van der Waals surface area contributed by atoms with E-state index < -0.39 is 5.60 Å². The lowest BCUT2D eigenvalue weighted by Crippen LogP contribution is -2.45. The van der Waals surface area contributed by atoms with Gasteiger partial charge in [0.1, 0.15) is 5.60 Å². The number of carbonyl (C=O) groups excluding carboxylic acids is 1. The van der Waals surface area contributed by atoms with Gasteiger partial charge in [-0.05, 0) is 44.4 Å². The Balaban J connectivity index is 2.47. The van der Waals surface area contributed by atoms with Gasteiger partial charge >= 0.3 is 6.09 Å². The maximum atomic E-state index is 11.7. The second-order valence-corrected chi connectivity index (χ2v) is 7.66. The Bertz CT molecular complexity index is 484. The van der Waals surface area contributed by atoms with E-state index >= 15 is 0 Å². The summed E-state index contributed by atoms with van der Waals surface area (Å²) in [5, 5.41) is 6.33. The molecule has 0 spiro atoms. The fourth-order valence-electron chi connectivity index (χ4n) is 1.95. The number of halogens is 1. The molecule has 0 aliphatic carbocycles. The zero-order chi connectivity index (χ0) is 16.8. The molecule has 1 unspecified atom stereocenters. The summed E-state index contributed by atoms with van der Waals surface area (Å²) in [6.45, 7) is 11.2. The highest BCUT2D eigenvalue weighted by Crippen LogP contribution is 2.12. The van der Waals surface area contributed by atoms with Gasteiger partial charge in [-0.25, -0.2) is 4.79 Å². The third-order valence-corrected chi connectivity index (χ3v) is 3.62. The summed E-state index contributed by atoms with van der Waals surface area (Å²) >= 11 is 3.47. The summed E-state index contributed by atoms with van der Waals surface area (Å²) in [6.07, 6.45) is -0.373. The molecule has 0 bridgehead atoms. The molecule has 0 saturated heterocycles. The minimum Gasteiger partial charge on any atom is -0.444 e. The van der Waals surface area contributed by atoms with Gasteiger partial charge in [0, 0.05) is 23.6 Å². The molecule has 0 heterocycles. The van der Waals surface area contributed by atoms with Crippen LogP contribution in [0.2, 0.25) is 0 Å². The Kier molecular flexibility index (Phi) is 7.36. The van der Waals surface area contributed by atoms with Gasteiger partial charge in [0.15, 0.2) is 0 Å². The van der Waals surface area contributed by atoms with E-state index in [1.54, 1.807) is 0 Å². The van der Waals surface area contributed by atoms with Crippen molar-refractivity contribution in [2.45, 2.75) is 52.8 Å². The van der Waals surface area contributed by atoms with Crippen LogP contribution in [0.1, 0.15) is 40.2 Å². The second-order valence-electron chi connectivity index (χ2n) is 6.74. The number of alkyl carbamates (subject to hydrolysis) is 1. The Morgan fingerprint density at radius 3 is 2.55 bits per heavy atom. The molecule has 0 aliphatic heterocycles. The molecule has 5 heteroatoms. The first-order valence-electron chi connectivity index (χ1n) is 7.62. The first-order chi connectivity index (χ1) is 10.2. The van der Waals surface area contributed by atoms with Crippen LogP contribution in [0.3, 0.4) is 0 Å². The molecule has 0 radical (unpaired) electrons. The topological polar surface area (TPSA) is 50.4 Å². The normalized spacial score (nSPS) is 13.0. The first kappa shape index (κ1) is 19.0. The van der Waals surface area contributed by atoms with Crippen molar-refractivity contribution < 1.29 is 9.53 Å². The molecule has 1 amide bonds. The van der Waals surface area contributed by atoms with Crippen LogP contribution in [0.4, 0.5) is 4.79 Å². The Labute approximate surface area is 142 Å². The number of amides is 1. The van der Waals surface area contributed by atoms with Crippen molar-refractivity contribution in [1.82, 2.24) is 10.6 Å². The predicted octanol–water partition coefficient (Wildman–Crippen LogP) is 4.09. The SMILES string of the molecule is CC(C)C(CNC(=O)OC(C)(C)C)NCc1cccc(Br)c1. The lowest BCUT2D eigenvalue weighted by atomic mass is 10.0. The van der Waals surface area contributed by atoms with Gasteiger partial charge in [-0.3, -0.25) is 0 Å². The van der Waals surface area contributed by atoms with Crippen molar-refractivity contribution in [2.75, 3.05) is 6.54 Å². The molecule has 4 nitrogen and oxygen atoms in total. The second kappa shape index (κ2) is 8.53. The van der Waals surface area contributed by atoms with Gasteiger partial charge in [-0.1, -0.05) is 41.9 Å². The molecule has 124 valence electrons. The van der Waals surface area contributed by atoms with Crippen molar-refractivity contribution in [3.05, 3.63) is 34.3 Å². The predicted molar refractivity (Wildman–Crippen MR) is 93.8 cm³/mol. The Hall–Kier alpha value is -1.07. The van der Waals surface area contributed by atoms with Gasteiger partial charge in [0.2, 0.25) is 0 Å². The van der Waals surface area contributed by atoms with E-state index in [1.807, 2.05) is 32.9 Å². The van der Waals surface area contributed by atoms with Gasteiger partial charge in [0.25, 0.3) is 0 Å². The lowest BCUT2D eigenvalue weighted by molar-refractivity contribution is 0.0519. The van der Waals surface area contributed by atoms with Crippen molar-refractivity contribution in [3.63, 3.8) is 0 Å². The summed E-state index contributed by atoms with van der Waals surface area (Å²) in [7, 11) is 0. The molecular weight excluding hydrogens is 344 g/mol. The van der Waals surface area contributed by atoms with E-state index in [2.05, 4.69) is 52.5 Å². The summed E-state index contributed by atoms with van der Waals surface area (Å²) in [5.74, 6) is 0.405. The molecule has 1 atom stereocenters. The minimum atomic E-state index is -0.471. The number of nitrogens with one attached hydrogen (secondary N) is 2. The lowest BCUT2D eigenvalue weighted by Gasteiger charge is -2.25. The van der Waals surface area contributed by atoms with Gasteiger partial charge in [0.05, 0.1) is 0 Å². The zero-order valence-electron chi connectivity index (χ0n) is 14.1. The summed E-state index contributed by atoms with van der Waals surface area (Å²) in [5.41, 5.74) is 0.735. The average Bonchev–Trinajstić information content (AvgIpc) is 2.36. The van der Waals surface area contributed by atoms with Crippen molar-refractivity contribution in [1.29, 1.82) is 0 Å². The molecule has 22 heavy (non-hydrogen) atoms. The quantitative estimate of drug-likeness (QED) is 0.792. The van der Waals surface area contributed by atoms with Gasteiger partial charge in [-0.15, -0.1) is 0 Å². The van der Waals surface area contributed by atoms with Crippen LogP contribution in [0, 0.1) is 5.92 Å². The third-order valence-electron chi connectivity index (χ3n) is 3.13. The Morgan fingerprint density at radius 2 is 2.00 bits per heavy atom. The van der Waals surface area contributed by atoms with Crippen LogP contribution in [0.5, 0.6) is 0 Å². The number of rotatable bonds is 6. The van der Waals surface area contributed by atoms with Crippen molar-refractivity contribution >= 4 is 22.0 Å². The largest absolute Gasteiger partial charge is 0.444 e. The molecule has 2 N–H and O–H groups in total. The van der Waals surface area contributed by atoms with E-state index in [4.69, 9.17) is 4.74 Å². The van der Waals surface area contributed by atoms with Crippen LogP contribution in [0.25, 0.3) is 0 Å². The minimum absolute atomic E-state index is 0.187. The fourth-order valence-corrected chi connectivity index (χ4v) is 2.39. The van der Waals surface area contributed by atoms with E-state index in [-0.39, 0.29) is 12.1 Å². The van der Waals surface area contributed by atoms with Gasteiger partial charge in [-0.2, -0.15) is 0 Å². The van der Waals surface area contributed by atoms with Crippen LogP contribution in [-0.2, 0) is 11.3 Å². The van der Waals surface area contributed by atoms with Crippen molar-refractivity contribution in [2.24, 2.45) is 5.92 Å². The highest BCUT2D eigenvalue weighted by Gasteiger charge is 2.18. The first-order valence-corrected chi connectivity index (χ1v) is 8.41. The molecule has 1 rings (SSSR count). The van der Waals surface area contributed by atoms with E-state index in [0.29, 0.717) is 12.5 Å². The van der Waals surface area contributed by atoms with E-state index in [9.17, 15) is 4.79 Å². The molecule has 1 aromatic rings. The smallest absolute Gasteiger partial charge is 0.407 e. The van der Waals surface area contributed by atoms with Crippen LogP contribution in [0.15, 0.2) is 28.7 Å². The summed E-state index contributed by atoms with van der Waals surface area (Å²) in [4.78, 5) is 11.7. The average molecular weight is 371 g/mol. The molecule has 0 aromatic heterocycles. The monoisotopic (exact) mass is 370 g/mol. The molecule has 1 aromatic carbocycles. The fraction of sp³-hybridized carbons (Fsp3) is 0.588. The molecular formula is C17H27BrN2O2. The van der Waals surface area contributed by atoms with Crippen LogP contribution < -0.4 is 10.6 Å². The van der Waals surface area contributed by atoms with E-state index in [1.165, 1.54) is 5.56 Å². The maximum absolute atomic E-state index is 11.7. The van der Waals surface area contributed by atoms with Gasteiger partial charge < -0.3 is 15.4 Å². The maximum Gasteiger partial charge on any atom is 0.407 e. The number of hydrogen-bond donors (Lipinski definition) is 2. The number of benzene rings is 1. The standard InChI is InChI=1S/C17H27BrN2O2/c1-12(2)15(11-20-16(21)22-17(3,4)5)19-10-13-7-6-8-14(18)9-13/h6-9,12,15,19H,10-11H2,1-5H3,(H,20,21). The van der Waals surface area contributed by atoms with Crippen LogP contribution >= 0.6 is 15.9 Å². The van der Waals surface area contributed by atoms with Crippen LogP contribution in [-0.4, -0.2) is 24.3 Å². The third kappa shape index (κ3) is 7.80. The number of carbonyl (C=O) groups is 1. The van der Waals surface area contributed by atoms with E-state index in [0.717, 1.165) is 11.0 Å². The highest BCUT2D eigenvalue weighted by molar-refractivity contribution is 9.10. The number of ether oxygens (including phenoxy) is 1. The summed E-state index contributed by atoms with van der Waals surface area (Å²) < 4.78 is 6.33. The van der Waals surface area contributed by atoms with Crippen molar-refractivity contribution in [3.8, 4) is 0 Å². The molecule has 0 fully saturated rings.